The Morgan fingerprint density at radius 2 is 2.18 bits per heavy atom. The molecule has 0 saturated carbocycles. The molecule has 0 saturated heterocycles. The third kappa shape index (κ3) is 3.96. The van der Waals surface area contributed by atoms with E-state index < -0.39 is 5.54 Å². The van der Waals surface area contributed by atoms with Gasteiger partial charge in [0.15, 0.2) is 0 Å². The SMILES string of the molecule is C#CC(C)(C)NC(=O)c1cc(Cl)cnc1Nc1cccnc1. The van der Waals surface area contributed by atoms with E-state index in [1.54, 1.807) is 32.3 Å². The molecular weight excluding hydrogens is 300 g/mol. The summed E-state index contributed by atoms with van der Waals surface area (Å²) in [5.41, 5.74) is 0.243. The van der Waals surface area contributed by atoms with Gasteiger partial charge in [0.1, 0.15) is 5.82 Å². The number of aromatic nitrogens is 2. The first kappa shape index (κ1) is 15.8. The van der Waals surface area contributed by atoms with E-state index in [0.29, 0.717) is 22.1 Å². The number of pyridine rings is 2. The van der Waals surface area contributed by atoms with Gasteiger partial charge in [0.25, 0.3) is 5.91 Å². The average molecular weight is 315 g/mol. The average Bonchev–Trinajstić information content (AvgIpc) is 2.49. The molecule has 0 aliphatic carbocycles. The molecule has 0 fully saturated rings. The Bertz CT molecular complexity index is 723. The summed E-state index contributed by atoms with van der Waals surface area (Å²) in [4.78, 5) is 20.6. The molecule has 0 bridgehead atoms. The summed E-state index contributed by atoms with van der Waals surface area (Å²) in [6.07, 6.45) is 10.1. The Morgan fingerprint density at radius 1 is 1.41 bits per heavy atom. The molecule has 2 N–H and O–H groups in total. The van der Waals surface area contributed by atoms with Crippen LogP contribution in [0.4, 0.5) is 11.5 Å². The Labute approximate surface area is 134 Å². The molecule has 6 heteroatoms. The molecular formula is C16H15ClN4O. The lowest BCUT2D eigenvalue weighted by Crippen LogP contribution is -2.42. The molecule has 112 valence electrons. The predicted molar refractivity (Wildman–Crippen MR) is 87.1 cm³/mol. The van der Waals surface area contributed by atoms with Crippen molar-refractivity contribution in [3.63, 3.8) is 0 Å². The van der Waals surface area contributed by atoms with Crippen molar-refractivity contribution in [1.29, 1.82) is 0 Å². The Hall–Kier alpha value is -2.58. The minimum absolute atomic E-state index is 0.305. The highest BCUT2D eigenvalue weighted by atomic mass is 35.5. The van der Waals surface area contributed by atoms with E-state index in [1.807, 2.05) is 6.07 Å². The zero-order valence-corrected chi connectivity index (χ0v) is 13.0. The van der Waals surface area contributed by atoms with E-state index in [2.05, 4.69) is 26.5 Å². The van der Waals surface area contributed by atoms with Gasteiger partial charge in [-0.25, -0.2) is 4.98 Å². The molecule has 0 aliphatic rings. The van der Waals surface area contributed by atoms with Crippen LogP contribution in [0.15, 0.2) is 36.8 Å². The number of nitrogens with one attached hydrogen (secondary N) is 2. The van der Waals surface area contributed by atoms with Gasteiger partial charge in [-0.05, 0) is 32.0 Å². The van der Waals surface area contributed by atoms with Crippen LogP contribution in [0.1, 0.15) is 24.2 Å². The first-order valence-electron chi connectivity index (χ1n) is 6.54. The quantitative estimate of drug-likeness (QED) is 0.851. The maximum Gasteiger partial charge on any atom is 0.256 e. The number of hydrogen-bond donors (Lipinski definition) is 2. The van der Waals surface area contributed by atoms with Gasteiger partial charge >= 0.3 is 0 Å². The molecule has 1 amide bonds. The second-order valence-electron chi connectivity index (χ2n) is 5.14. The van der Waals surface area contributed by atoms with Crippen LogP contribution < -0.4 is 10.6 Å². The Morgan fingerprint density at radius 3 is 2.82 bits per heavy atom. The number of hydrogen-bond acceptors (Lipinski definition) is 4. The highest BCUT2D eigenvalue weighted by Gasteiger charge is 2.21. The lowest BCUT2D eigenvalue weighted by atomic mass is 10.1. The van der Waals surface area contributed by atoms with Gasteiger partial charge in [-0.3, -0.25) is 9.78 Å². The van der Waals surface area contributed by atoms with Gasteiger partial charge in [0.05, 0.1) is 28.0 Å². The number of carbonyl (C=O) groups is 1. The van der Waals surface area contributed by atoms with Crippen LogP contribution in [0.2, 0.25) is 5.02 Å². The summed E-state index contributed by atoms with van der Waals surface area (Å²) < 4.78 is 0. The monoisotopic (exact) mass is 314 g/mol. The van der Waals surface area contributed by atoms with Crippen LogP contribution >= 0.6 is 11.6 Å². The van der Waals surface area contributed by atoms with Gasteiger partial charge < -0.3 is 10.6 Å². The standard InChI is InChI=1S/C16H15ClN4O/c1-4-16(2,3)21-15(22)13-8-11(17)9-19-14(13)20-12-6-5-7-18-10-12/h1,5-10H,2-3H3,(H,19,20)(H,21,22). The number of nitrogens with zero attached hydrogens (tertiary/aromatic N) is 2. The van der Waals surface area contributed by atoms with E-state index in [9.17, 15) is 4.79 Å². The minimum atomic E-state index is -0.773. The molecule has 0 radical (unpaired) electrons. The number of carbonyl (C=O) groups excluding carboxylic acids is 1. The highest BCUT2D eigenvalue weighted by molar-refractivity contribution is 6.31. The van der Waals surface area contributed by atoms with E-state index in [-0.39, 0.29) is 5.91 Å². The van der Waals surface area contributed by atoms with E-state index >= 15 is 0 Å². The van der Waals surface area contributed by atoms with Crippen molar-refractivity contribution in [3.05, 3.63) is 47.4 Å². The smallest absolute Gasteiger partial charge is 0.256 e. The topological polar surface area (TPSA) is 66.9 Å². The van der Waals surface area contributed by atoms with Crippen LogP contribution in [0.5, 0.6) is 0 Å². The summed E-state index contributed by atoms with van der Waals surface area (Å²) in [5.74, 6) is 2.53. The van der Waals surface area contributed by atoms with Gasteiger partial charge in [0.2, 0.25) is 0 Å². The zero-order valence-electron chi connectivity index (χ0n) is 12.2. The van der Waals surface area contributed by atoms with Crippen molar-refractivity contribution in [2.24, 2.45) is 0 Å². The number of rotatable bonds is 4. The number of terminal acetylenes is 1. The van der Waals surface area contributed by atoms with Gasteiger partial charge in [-0.2, -0.15) is 0 Å². The summed E-state index contributed by atoms with van der Waals surface area (Å²) in [6, 6.07) is 5.13. The largest absolute Gasteiger partial charge is 0.338 e. The Kier molecular flexibility index (Phi) is 4.64. The molecule has 5 nitrogen and oxygen atoms in total. The number of amides is 1. The van der Waals surface area contributed by atoms with E-state index in [1.165, 1.54) is 12.3 Å². The normalized spacial score (nSPS) is 10.6. The van der Waals surface area contributed by atoms with Crippen LogP contribution in [-0.2, 0) is 0 Å². The highest BCUT2D eigenvalue weighted by Crippen LogP contribution is 2.21. The fourth-order valence-electron chi connectivity index (χ4n) is 1.67. The summed E-state index contributed by atoms with van der Waals surface area (Å²) in [6.45, 7) is 3.47. The molecule has 2 aromatic rings. The number of halogens is 1. The lowest BCUT2D eigenvalue weighted by Gasteiger charge is -2.20. The maximum absolute atomic E-state index is 12.4. The molecule has 0 aromatic carbocycles. The summed E-state index contributed by atoms with van der Waals surface area (Å²) >= 11 is 5.95. The fraction of sp³-hybridized carbons (Fsp3) is 0.188. The third-order valence-corrected chi connectivity index (χ3v) is 3.02. The van der Waals surface area contributed by atoms with Crippen LogP contribution in [0, 0.1) is 12.3 Å². The summed E-state index contributed by atoms with van der Waals surface area (Å²) in [7, 11) is 0. The van der Waals surface area contributed by atoms with Gasteiger partial charge in [0, 0.05) is 12.4 Å². The molecule has 2 aromatic heterocycles. The van der Waals surface area contributed by atoms with Crippen molar-refractivity contribution >= 4 is 29.0 Å². The fourth-order valence-corrected chi connectivity index (χ4v) is 1.83. The molecule has 22 heavy (non-hydrogen) atoms. The van der Waals surface area contributed by atoms with Crippen molar-refractivity contribution in [1.82, 2.24) is 15.3 Å². The zero-order chi connectivity index (χ0) is 16.2. The summed E-state index contributed by atoms with van der Waals surface area (Å²) in [5, 5.41) is 6.15. The lowest BCUT2D eigenvalue weighted by molar-refractivity contribution is 0.0930. The number of anilines is 2. The minimum Gasteiger partial charge on any atom is -0.338 e. The van der Waals surface area contributed by atoms with Gasteiger partial charge in [-0.15, -0.1) is 6.42 Å². The van der Waals surface area contributed by atoms with Crippen molar-refractivity contribution in [2.75, 3.05) is 5.32 Å². The Balaban J connectivity index is 2.32. The van der Waals surface area contributed by atoms with Crippen LogP contribution in [0.3, 0.4) is 0 Å². The molecule has 2 rings (SSSR count). The second kappa shape index (κ2) is 6.46. The van der Waals surface area contributed by atoms with Crippen LogP contribution in [-0.4, -0.2) is 21.4 Å². The van der Waals surface area contributed by atoms with Crippen LogP contribution in [0.25, 0.3) is 0 Å². The maximum atomic E-state index is 12.4. The van der Waals surface area contributed by atoms with E-state index in [0.717, 1.165) is 0 Å². The predicted octanol–water partition coefficient (Wildman–Crippen LogP) is 3.02. The molecule has 2 heterocycles. The molecule has 0 aliphatic heterocycles. The molecule has 0 unspecified atom stereocenters. The third-order valence-electron chi connectivity index (χ3n) is 2.81. The van der Waals surface area contributed by atoms with Crippen molar-refractivity contribution in [3.8, 4) is 12.3 Å². The second-order valence-corrected chi connectivity index (χ2v) is 5.58. The molecule has 0 atom stereocenters. The van der Waals surface area contributed by atoms with Crippen molar-refractivity contribution in [2.45, 2.75) is 19.4 Å². The van der Waals surface area contributed by atoms with Gasteiger partial charge in [-0.1, -0.05) is 17.5 Å². The van der Waals surface area contributed by atoms with E-state index in [4.69, 9.17) is 18.0 Å². The molecule has 0 spiro atoms. The first-order valence-corrected chi connectivity index (χ1v) is 6.92. The first-order chi connectivity index (χ1) is 10.4. The van der Waals surface area contributed by atoms with Crippen molar-refractivity contribution < 1.29 is 4.79 Å².